The number of hydrogen-bond donors (Lipinski definition) is 2. The number of likely N-dealkylation sites (tertiary alicyclic amines) is 1. The molecular formula is C19H24FN3O3. The van der Waals surface area contributed by atoms with Crippen molar-refractivity contribution in [3.8, 4) is 0 Å². The molecule has 0 radical (unpaired) electrons. The lowest BCUT2D eigenvalue weighted by Gasteiger charge is -2.43. The smallest absolute Gasteiger partial charge is 0.313 e. The summed E-state index contributed by atoms with van der Waals surface area (Å²) in [6.07, 6.45) is 3.22. The Morgan fingerprint density at radius 2 is 2.12 bits per heavy atom. The van der Waals surface area contributed by atoms with Crippen LogP contribution in [0.1, 0.15) is 24.7 Å². The van der Waals surface area contributed by atoms with Gasteiger partial charge < -0.3 is 14.8 Å². The fourth-order valence-corrected chi connectivity index (χ4v) is 3.71. The molecule has 26 heavy (non-hydrogen) atoms. The summed E-state index contributed by atoms with van der Waals surface area (Å²) in [5, 5.41) is 20.5. The van der Waals surface area contributed by atoms with Crippen LogP contribution in [0, 0.1) is 11.2 Å². The van der Waals surface area contributed by atoms with Crippen molar-refractivity contribution < 1.29 is 19.4 Å². The Hall–Kier alpha value is -2.25. The van der Waals surface area contributed by atoms with E-state index < -0.39 is 17.5 Å². The van der Waals surface area contributed by atoms with E-state index in [2.05, 4.69) is 4.98 Å². The molecule has 1 aromatic carbocycles. The lowest BCUT2D eigenvalue weighted by Crippen LogP contribution is -2.57. The maximum Gasteiger partial charge on any atom is 0.313 e. The van der Waals surface area contributed by atoms with Gasteiger partial charge in [0.25, 0.3) is 0 Å². The van der Waals surface area contributed by atoms with Gasteiger partial charge in [-0.3, -0.25) is 9.69 Å². The number of hydrogen-bond acceptors (Lipinski definition) is 4. The quantitative estimate of drug-likeness (QED) is 0.822. The number of benzene rings is 1. The van der Waals surface area contributed by atoms with Crippen molar-refractivity contribution in [2.24, 2.45) is 5.41 Å². The van der Waals surface area contributed by atoms with E-state index in [-0.39, 0.29) is 18.8 Å². The second-order valence-electron chi connectivity index (χ2n) is 6.91. The van der Waals surface area contributed by atoms with E-state index in [0.717, 1.165) is 12.4 Å². The molecule has 1 aromatic heterocycles. The van der Waals surface area contributed by atoms with Crippen molar-refractivity contribution >= 4 is 5.97 Å². The van der Waals surface area contributed by atoms with E-state index in [9.17, 15) is 19.4 Å². The van der Waals surface area contributed by atoms with Gasteiger partial charge in [0.05, 0.1) is 12.6 Å². The van der Waals surface area contributed by atoms with Crippen LogP contribution in [0.3, 0.4) is 0 Å². The Labute approximate surface area is 151 Å². The number of nitrogens with zero attached hydrogens (tertiary/aromatic N) is 3. The van der Waals surface area contributed by atoms with E-state index in [4.69, 9.17) is 0 Å². The zero-order chi connectivity index (χ0) is 18.7. The van der Waals surface area contributed by atoms with Crippen LogP contribution >= 0.6 is 0 Å². The van der Waals surface area contributed by atoms with Crippen LogP contribution < -0.4 is 0 Å². The lowest BCUT2D eigenvalue weighted by molar-refractivity contribution is -0.163. The highest BCUT2D eigenvalue weighted by Gasteiger charge is 2.49. The summed E-state index contributed by atoms with van der Waals surface area (Å²) >= 11 is 0. The van der Waals surface area contributed by atoms with Gasteiger partial charge in [-0.2, -0.15) is 0 Å². The molecule has 140 valence electrons. The molecule has 1 aliphatic rings. The lowest BCUT2D eigenvalue weighted by atomic mass is 9.73. The minimum atomic E-state index is -1.32. The van der Waals surface area contributed by atoms with E-state index in [1.54, 1.807) is 18.3 Å². The van der Waals surface area contributed by atoms with Gasteiger partial charge in [0, 0.05) is 32.0 Å². The Bertz CT molecular complexity index is 762. The van der Waals surface area contributed by atoms with E-state index >= 15 is 0 Å². The average Bonchev–Trinajstić information content (AvgIpc) is 3.06. The van der Waals surface area contributed by atoms with Crippen molar-refractivity contribution in [3.05, 3.63) is 53.9 Å². The van der Waals surface area contributed by atoms with Gasteiger partial charge >= 0.3 is 5.97 Å². The molecule has 2 heterocycles. The monoisotopic (exact) mass is 361 g/mol. The Kier molecular flexibility index (Phi) is 5.38. The van der Waals surface area contributed by atoms with E-state index in [1.165, 1.54) is 12.1 Å². The summed E-state index contributed by atoms with van der Waals surface area (Å²) in [5.74, 6) is -0.516. The first-order chi connectivity index (χ1) is 12.4. The molecule has 0 amide bonds. The van der Waals surface area contributed by atoms with Gasteiger partial charge in [-0.25, -0.2) is 9.37 Å². The normalized spacial score (nSPS) is 23.9. The molecule has 2 aromatic rings. The zero-order valence-corrected chi connectivity index (χ0v) is 14.8. The summed E-state index contributed by atoms with van der Waals surface area (Å²) in [7, 11) is 0. The zero-order valence-electron chi connectivity index (χ0n) is 14.8. The number of piperidine rings is 1. The summed E-state index contributed by atoms with van der Waals surface area (Å²) < 4.78 is 15.2. The van der Waals surface area contributed by atoms with Crippen molar-refractivity contribution in [1.29, 1.82) is 0 Å². The van der Waals surface area contributed by atoms with Crippen molar-refractivity contribution in [2.75, 3.05) is 13.1 Å². The third-order valence-electron chi connectivity index (χ3n) is 5.23. The number of aryl methyl sites for hydroxylation is 1. The Morgan fingerprint density at radius 3 is 2.77 bits per heavy atom. The second kappa shape index (κ2) is 7.55. The van der Waals surface area contributed by atoms with Crippen LogP contribution in [0.5, 0.6) is 0 Å². The van der Waals surface area contributed by atoms with Gasteiger partial charge in [0.15, 0.2) is 0 Å². The predicted molar refractivity (Wildman–Crippen MR) is 94.0 cm³/mol. The minimum Gasteiger partial charge on any atom is -0.481 e. The number of imidazole rings is 1. The highest BCUT2D eigenvalue weighted by atomic mass is 19.1. The van der Waals surface area contributed by atoms with Crippen LogP contribution in [0.25, 0.3) is 0 Å². The molecule has 1 aliphatic heterocycles. The van der Waals surface area contributed by atoms with Crippen molar-refractivity contribution in [1.82, 2.24) is 14.5 Å². The van der Waals surface area contributed by atoms with Gasteiger partial charge in [-0.05, 0) is 37.5 Å². The molecule has 2 atom stereocenters. The first-order valence-corrected chi connectivity index (χ1v) is 8.83. The van der Waals surface area contributed by atoms with Gasteiger partial charge in [-0.1, -0.05) is 12.1 Å². The molecule has 0 spiro atoms. The maximum absolute atomic E-state index is 13.2. The highest BCUT2D eigenvalue weighted by molar-refractivity contribution is 5.76. The van der Waals surface area contributed by atoms with Gasteiger partial charge in [0.2, 0.25) is 0 Å². The van der Waals surface area contributed by atoms with Crippen LogP contribution in [0.4, 0.5) is 4.39 Å². The summed E-state index contributed by atoms with van der Waals surface area (Å²) in [4.78, 5) is 18.5. The third kappa shape index (κ3) is 3.64. The fraction of sp³-hybridized carbons (Fsp3) is 0.474. The molecule has 6 nitrogen and oxygen atoms in total. The highest BCUT2D eigenvalue weighted by Crippen LogP contribution is 2.35. The number of halogens is 1. The molecular weight excluding hydrogens is 337 g/mol. The number of aliphatic hydroxyl groups excluding tert-OH is 1. The van der Waals surface area contributed by atoms with Crippen LogP contribution in [0.15, 0.2) is 36.7 Å². The molecule has 0 bridgehead atoms. The van der Waals surface area contributed by atoms with Gasteiger partial charge in [-0.15, -0.1) is 0 Å². The van der Waals surface area contributed by atoms with Crippen LogP contribution in [-0.2, 0) is 24.3 Å². The van der Waals surface area contributed by atoms with Crippen molar-refractivity contribution in [3.63, 3.8) is 0 Å². The molecule has 0 saturated carbocycles. The Morgan fingerprint density at radius 1 is 1.38 bits per heavy atom. The summed E-state index contributed by atoms with van der Waals surface area (Å²) in [6, 6.07) is 5.79. The summed E-state index contributed by atoms with van der Waals surface area (Å²) in [6.45, 7) is 4.19. The predicted octanol–water partition coefficient (Wildman–Crippen LogP) is 1.92. The first-order valence-electron chi connectivity index (χ1n) is 8.83. The largest absolute Gasteiger partial charge is 0.481 e. The third-order valence-corrected chi connectivity index (χ3v) is 5.23. The molecule has 0 aliphatic carbocycles. The van der Waals surface area contributed by atoms with Gasteiger partial charge in [0.1, 0.15) is 17.1 Å². The van der Waals surface area contributed by atoms with Crippen LogP contribution in [-0.4, -0.2) is 49.8 Å². The SMILES string of the molecule is CCn1ccnc1CN1CC[C@@H](O)[C@](Cc2ccc(F)cc2)(C(=O)O)C1. The minimum absolute atomic E-state index is 0.155. The maximum atomic E-state index is 13.2. The summed E-state index contributed by atoms with van der Waals surface area (Å²) in [5.41, 5.74) is -0.621. The number of carboxylic acids is 1. The number of aromatic nitrogens is 2. The molecule has 3 rings (SSSR count). The fourth-order valence-electron chi connectivity index (χ4n) is 3.71. The number of aliphatic hydroxyl groups is 1. The Balaban J connectivity index is 1.82. The average molecular weight is 361 g/mol. The van der Waals surface area contributed by atoms with Crippen LogP contribution in [0.2, 0.25) is 0 Å². The number of carbonyl (C=O) groups is 1. The standard InChI is InChI=1S/C19H24FN3O3/c1-2-23-10-8-21-17(23)12-22-9-7-16(24)19(13-22,18(25)26)11-14-3-5-15(20)6-4-14/h3-6,8,10,16,24H,2,7,9,11-13H2,1H3,(H,25,26)/t16-,19-/m1/s1. The van der Waals surface area contributed by atoms with Crippen molar-refractivity contribution in [2.45, 2.75) is 39.0 Å². The number of rotatable bonds is 6. The van der Waals surface area contributed by atoms with E-state index in [1.807, 2.05) is 22.6 Å². The molecule has 2 N–H and O–H groups in total. The molecule has 0 unspecified atom stereocenters. The number of aliphatic carboxylic acids is 1. The first kappa shape index (κ1) is 18.5. The molecule has 7 heteroatoms. The molecule has 1 saturated heterocycles. The second-order valence-corrected chi connectivity index (χ2v) is 6.91. The topological polar surface area (TPSA) is 78.6 Å². The molecule has 1 fully saturated rings. The number of carboxylic acid groups (broad SMARTS) is 1. The van der Waals surface area contributed by atoms with E-state index in [0.29, 0.717) is 25.1 Å².